The zero-order valence-corrected chi connectivity index (χ0v) is 10.4. The van der Waals surface area contributed by atoms with Gasteiger partial charge in [-0.25, -0.2) is 0 Å². The first-order valence-electron chi connectivity index (χ1n) is 6.01. The second kappa shape index (κ2) is 4.56. The monoisotopic (exact) mass is 219 g/mol. The maximum atomic E-state index is 5.94. The van der Waals surface area contributed by atoms with Crippen molar-refractivity contribution < 1.29 is 4.74 Å². The Morgan fingerprint density at radius 3 is 2.81 bits per heavy atom. The molecule has 0 bridgehead atoms. The van der Waals surface area contributed by atoms with Gasteiger partial charge < -0.3 is 10.1 Å². The largest absolute Gasteiger partial charge is 0.372 e. The molecule has 0 radical (unpaired) electrons. The zero-order valence-electron chi connectivity index (χ0n) is 10.4. The summed E-state index contributed by atoms with van der Waals surface area (Å²) in [6.45, 7) is 8.35. The highest BCUT2D eigenvalue weighted by Gasteiger charge is 2.25. The molecular weight excluding hydrogens is 198 g/mol. The predicted octanol–water partition coefficient (Wildman–Crippen LogP) is 2.82. The van der Waals surface area contributed by atoms with Gasteiger partial charge in [0.25, 0.3) is 0 Å². The van der Waals surface area contributed by atoms with E-state index in [2.05, 4.69) is 50.4 Å². The lowest BCUT2D eigenvalue weighted by molar-refractivity contribution is 0.0652. The first-order valence-corrected chi connectivity index (χ1v) is 6.01. The minimum Gasteiger partial charge on any atom is -0.372 e. The van der Waals surface area contributed by atoms with E-state index in [9.17, 15) is 0 Å². The number of rotatable bonds is 1. The molecule has 1 atom stereocenters. The standard InChI is InChI=1S/C14H21NO/c1-11-6-4-5-7-12(11)13-10-15-14(2,3)8-9-16-13/h4-7,13,15H,8-10H2,1-3H3. The summed E-state index contributed by atoms with van der Waals surface area (Å²) in [5.74, 6) is 0. The van der Waals surface area contributed by atoms with Crippen LogP contribution in [0.1, 0.15) is 37.5 Å². The molecule has 1 heterocycles. The van der Waals surface area contributed by atoms with Gasteiger partial charge in [0, 0.05) is 18.7 Å². The van der Waals surface area contributed by atoms with Gasteiger partial charge in [0.05, 0.1) is 6.10 Å². The van der Waals surface area contributed by atoms with Gasteiger partial charge in [0.2, 0.25) is 0 Å². The molecule has 88 valence electrons. The summed E-state index contributed by atoms with van der Waals surface area (Å²) in [5, 5.41) is 3.57. The van der Waals surface area contributed by atoms with Gasteiger partial charge in [-0.05, 0) is 38.3 Å². The van der Waals surface area contributed by atoms with Gasteiger partial charge in [-0.2, -0.15) is 0 Å². The average Bonchev–Trinajstić information content (AvgIpc) is 2.40. The molecule has 16 heavy (non-hydrogen) atoms. The minimum atomic E-state index is 0.192. The zero-order chi connectivity index (χ0) is 11.6. The van der Waals surface area contributed by atoms with Crippen molar-refractivity contribution in [3.05, 3.63) is 35.4 Å². The average molecular weight is 219 g/mol. The van der Waals surface area contributed by atoms with E-state index in [-0.39, 0.29) is 11.6 Å². The van der Waals surface area contributed by atoms with E-state index < -0.39 is 0 Å². The van der Waals surface area contributed by atoms with Crippen LogP contribution < -0.4 is 5.32 Å². The second-order valence-electron chi connectivity index (χ2n) is 5.23. The molecule has 0 aliphatic carbocycles. The molecule has 1 aromatic rings. The number of benzene rings is 1. The Balaban J connectivity index is 2.14. The molecule has 1 fully saturated rings. The van der Waals surface area contributed by atoms with Gasteiger partial charge in [0.15, 0.2) is 0 Å². The summed E-state index contributed by atoms with van der Waals surface area (Å²) in [7, 11) is 0. The van der Waals surface area contributed by atoms with Crippen LogP contribution in [0, 0.1) is 6.92 Å². The normalized spacial score (nSPS) is 25.1. The first kappa shape index (κ1) is 11.6. The van der Waals surface area contributed by atoms with Crippen LogP contribution in [0.2, 0.25) is 0 Å². The van der Waals surface area contributed by atoms with Gasteiger partial charge in [-0.15, -0.1) is 0 Å². The predicted molar refractivity (Wildman–Crippen MR) is 66.6 cm³/mol. The van der Waals surface area contributed by atoms with E-state index >= 15 is 0 Å². The minimum absolute atomic E-state index is 0.192. The van der Waals surface area contributed by atoms with Gasteiger partial charge in [-0.3, -0.25) is 0 Å². The number of aryl methyl sites for hydroxylation is 1. The molecule has 0 spiro atoms. The Kier molecular flexibility index (Phi) is 3.31. The molecule has 1 aromatic carbocycles. The fourth-order valence-corrected chi connectivity index (χ4v) is 2.12. The quantitative estimate of drug-likeness (QED) is 0.784. The van der Waals surface area contributed by atoms with Crippen LogP contribution in [0.4, 0.5) is 0 Å². The summed E-state index contributed by atoms with van der Waals surface area (Å²) in [6, 6.07) is 8.48. The summed E-state index contributed by atoms with van der Waals surface area (Å²) < 4.78 is 5.94. The maximum Gasteiger partial charge on any atom is 0.0951 e. The molecular formula is C14H21NO. The van der Waals surface area contributed by atoms with E-state index in [1.807, 2.05) is 0 Å². The highest BCUT2D eigenvalue weighted by atomic mass is 16.5. The van der Waals surface area contributed by atoms with E-state index in [4.69, 9.17) is 4.74 Å². The Bertz CT molecular complexity index is 360. The fourth-order valence-electron chi connectivity index (χ4n) is 2.12. The molecule has 1 saturated heterocycles. The third-order valence-electron chi connectivity index (χ3n) is 3.35. The first-order chi connectivity index (χ1) is 7.58. The van der Waals surface area contributed by atoms with Crippen molar-refractivity contribution in [1.29, 1.82) is 0 Å². The van der Waals surface area contributed by atoms with Crippen LogP contribution in [0.5, 0.6) is 0 Å². The third-order valence-corrected chi connectivity index (χ3v) is 3.35. The van der Waals surface area contributed by atoms with Gasteiger partial charge in [-0.1, -0.05) is 24.3 Å². The number of hydrogen-bond acceptors (Lipinski definition) is 2. The van der Waals surface area contributed by atoms with Crippen molar-refractivity contribution >= 4 is 0 Å². The van der Waals surface area contributed by atoms with Crippen molar-refractivity contribution in [2.24, 2.45) is 0 Å². The maximum absolute atomic E-state index is 5.94. The van der Waals surface area contributed by atoms with E-state index in [1.165, 1.54) is 11.1 Å². The fraction of sp³-hybridized carbons (Fsp3) is 0.571. The lowest BCUT2D eigenvalue weighted by Gasteiger charge is -2.23. The smallest absolute Gasteiger partial charge is 0.0951 e. The topological polar surface area (TPSA) is 21.3 Å². The Hall–Kier alpha value is -0.860. The molecule has 0 aromatic heterocycles. The summed E-state index contributed by atoms with van der Waals surface area (Å²) in [4.78, 5) is 0. The Labute approximate surface area is 98.0 Å². The molecule has 2 heteroatoms. The lowest BCUT2D eigenvalue weighted by Crippen LogP contribution is -2.39. The molecule has 2 nitrogen and oxygen atoms in total. The van der Waals surface area contributed by atoms with Crippen molar-refractivity contribution in [3.8, 4) is 0 Å². The van der Waals surface area contributed by atoms with Crippen molar-refractivity contribution in [2.45, 2.75) is 38.8 Å². The summed E-state index contributed by atoms with van der Waals surface area (Å²) in [6.07, 6.45) is 1.26. The van der Waals surface area contributed by atoms with Crippen molar-refractivity contribution in [2.75, 3.05) is 13.2 Å². The molecule has 1 N–H and O–H groups in total. The molecule has 1 aliphatic rings. The second-order valence-corrected chi connectivity index (χ2v) is 5.23. The highest BCUT2D eigenvalue weighted by molar-refractivity contribution is 5.28. The number of hydrogen-bond donors (Lipinski definition) is 1. The van der Waals surface area contributed by atoms with E-state index in [0.29, 0.717) is 0 Å². The summed E-state index contributed by atoms with van der Waals surface area (Å²) in [5.41, 5.74) is 2.82. The van der Waals surface area contributed by atoms with Crippen LogP contribution in [-0.2, 0) is 4.74 Å². The van der Waals surface area contributed by atoms with Crippen LogP contribution in [0.25, 0.3) is 0 Å². The third kappa shape index (κ3) is 2.63. The van der Waals surface area contributed by atoms with E-state index in [1.54, 1.807) is 0 Å². The van der Waals surface area contributed by atoms with Crippen LogP contribution in [0.15, 0.2) is 24.3 Å². The van der Waals surface area contributed by atoms with Crippen LogP contribution in [-0.4, -0.2) is 18.7 Å². The summed E-state index contributed by atoms with van der Waals surface area (Å²) >= 11 is 0. The lowest BCUT2D eigenvalue weighted by atomic mass is 10.0. The van der Waals surface area contributed by atoms with E-state index in [0.717, 1.165) is 19.6 Å². The molecule has 0 amide bonds. The molecule has 1 unspecified atom stereocenters. The Morgan fingerprint density at radius 1 is 1.31 bits per heavy atom. The van der Waals surface area contributed by atoms with Crippen molar-refractivity contribution in [3.63, 3.8) is 0 Å². The molecule has 0 saturated carbocycles. The van der Waals surface area contributed by atoms with Gasteiger partial charge >= 0.3 is 0 Å². The van der Waals surface area contributed by atoms with Crippen LogP contribution in [0.3, 0.4) is 0 Å². The highest BCUT2D eigenvalue weighted by Crippen LogP contribution is 2.25. The SMILES string of the molecule is Cc1ccccc1C1CNC(C)(C)CCO1. The Morgan fingerprint density at radius 2 is 2.06 bits per heavy atom. The molecule has 2 rings (SSSR count). The molecule has 1 aliphatic heterocycles. The number of nitrogens with one attached hydrogen (secondary N) is 1. The van der Waals surface area contributed by atoms with Crippen LogP contribution >= 0.6 is 0 Å². The number of ether oxygens (including phenoxy) is 1. The van der Waals surface area contributed by atoms with Crippen molar-refractivity contribution in [1.82, 2.24) is 5.32 Å². The van der Waals surface area contributed by atoms with Gasteiger partial charge in [0.1, 0.15) is 0 Å².